The Morgan fingerprint density at radius 3 is 2.82 bits per heavy atom. The number of hydrogen-bond acceptors (Lipinski definition) is 4. The van der Waals surface area contributed by atoms with Crippen LogP contribution in [0.1, 0.15) is 44.9 Å². The molecule has 174 valence electrons. The first kappa shape index (κ1) is 22.2. The first-order chi connectivity index (χ1) is 16.1. The molecule has 5 rings (SSSR count). The normalized spacial score (nSPS) is 25.3. The highest BCUT2D eigenvalue weighted by molar-refractivity contribution is 7.78. The van der Waals surface area contributed by atoms with Crippen molar-refractivity contribution in [3.8, 4) is 5.75 Å². The number of aliphatic carboxylic acids is 1. The van der Waals surface area contributed by atoms with Crippen LogP contribution in [0.3, 0.4) is 0 Å². The second-order valence-electron chi connectivity index (χ2n) is 9.21. The Labute approximate surface area is 195 Å². The van der Waals surface area contributed by atoms with E-state index in [1.165, 1.54) is 19.3 Å². The lowest BCUT2D eigenvalue weighted by Crippen LogP contribution is -2.42. The van der Waals surface area contributed by atoms with Crippen LogP contribution < -0.4 is 8.91 Å². The number of nitrogens with one attached hydrogen (secondary N) is 1. The summed E-state index contributed by atoms with van der Waals surface area (Å²) in [5.41, 5.74) is 1.61. The lowest BCUT2D eigenvalue weighted by Gasteiger charge is -2.30. The molecule has 0 saturated heterocycles. The number of furan rings is 1. The SMILES string of the molecule is O=C(O)CCC/C=C/CC1C2CCC(C2)C1NS(=O)Oc1ccc2oc3ccccc3c2c1. The van der Waals surface area contributed by atoms with Gasteiger partial charge in [-0.15, -0.1) is 0 Å². The number of rotatable bonds is 10. The summed E-state index contributed by atoms with van der Waals surface area (Å²) in [7, 11) is 0. The van der Waals surface area contributed by atoms with Crippen molar-refractivity contribution in [2.75, 3.05) is 0 Å². The highest BCUT2D eigenvalue weighted by Gasteiger charge is 2.47. The number of carbonyl (C=O) groups is 1. The van der Waals surface area contributed by atoms with E-state index in [9.17, 15) is 9.00 Å². The van der Waals surface area contributed by atoms with Gasteiger partial charge in [0.1, 0.15) is 16.9 Å². The average Bonchev–Trinajstić information content (AvgIpc) is 3.49. The lowest BCUT2D eigenvalue weighted by atomic mass is 9.83. The average molecular weight is 468 g/mol. The van der Waals surface area contributed by atoms with Crippen LogP contribution in [0.15, 0.2) is 59.0 Å². The third kappa shape index (κ3) is 4.84. The van der Waals surface area contributed by atoms with E-state index in [4.69, 9.17) is 13.7 Å². The van der Waals surface area contributed by atoms with E-state index in [0.717, 1.165) is 34.8 Å². The molecule has 2 fully saturated rings. The predicted octanol–water partition coefficient (Wildman–Crippen LogP) is 5.75. The summed E-state index contributed by atoms with van der Waals surface area (Å²) >= 11 is -1.63. The molecule has 0 spiro atoms. The Bertz CT molecular complexity index is 1200. The van der Waals surface area contributed by atoms with E-state index in [0.29, 0.717) is 29.9 Å². The van der Waals surface area contributed by atoms with Crippen molar-refractivity contribution in [1.82, 2.24) is 4.72 Å². The quantitative estimate of drug-likeness (QED) is 0.293. The first-order valence-corrected chi connectivity index (χ1v) is 12.8. The van der Waals surface area contributed by atoms with E-state index in [1.54, 1.807) is 6.07 Å². The predicted molar refractivity (Wildman–Crippen MR) is 129 cm³/mol. The molecule has 3 aromatic rings. The van der Waals surface area contributed by atoms with Crippen molar-refractivity contribution in [3.05, 3.63) is 54.6 Å². The monoisotopic (exact) mass is 467 g/mol. The molecule has 2 aromatic carbocycles. The number of carboxylic acids is 1. The zero-order valence-electron chi connectivity index (χ0n) is 18.4. The van der Waals surface area contributed by atoms with E-state index in [2.05, 4.69) is 16.9 Å². The number of benzene rings is 2. The summed E-state index contributed by atoms with van der Waals surface area (Å²) in [5.74, 6) is 1.43. The fraction of sp³-hybridized carbons (Fsp3) is 0.423. The molecule has 6 nitrogen and oxygen atoms in total. The van der Waals surface area contributed by atoms with E-state index in [1.807, 2.05) is 36.4 Å². The van der Waals surface area contributed by atoms with Gasteiger partial charge in [-0.2, -0.15) is 4.21 Å². The maximum atomic E-state index is 12.9. The third-order valence-corrected chi connectivity index (χ3v) is 7.99. The third-order valence-electron chi connectivity index (χ3n) is 7.18. The largest absolute Gasteiger partial charge is 0.481 e. The topological polar surface area (TPSA) is 88.8 Å². The summed E-state index contributed by atoms with van der Waals surface area (Å²) < 4.78 is 27.8. The molecule has 7 heteroatoms. The van der Waals surface area contributed by atoms with Crippen LogP contribution >= 0.6 is 0 Å². The second kappa shape index (κ2) is 9.69. The van der Waals surface area contributed by atoms with Crippen molar-refractivity contribution in [2.45, 2.75) is 51.0 Å². The van der Waals surface area contributed by atoms with Gasteiger partial charge < -0.3 is 13.7 Å². The van der Waals surface area contributed by atoms with Crippen LogP contribution in [-0.4, -0.2) is 21.3 Å². The molecule has 0 radical (unpaired) electrons. The van der Waals surface area contributed by atoms with Gasteiger partial charge in [-0.05, 0) is 80.5 Å². The number of hydrogen-bond donors (Lipinski definition) is 2. The fourth-order valence-electron chi connectivity index (χ4n) is 5.66. The summed E-state index contributed by atoms with van der Waals surface area (Å²) in [6.45, 7) is 0. The summed E-state index contributed by atoms with van der Waals surface area (Å²) in [4.78, 5) is 10.6. The van der Waals surface area contributed by atoms with Gasteiger partial charge in [-0.25, -0.2) is 4.72 Å². The Balaban J connectivity index is 1.21. The summed E-state index contributed by atoms with van der Waals surface area (Å²) in [5, 5.41) is 10.7. The minimum Gasteiger partial charge on any atom is -0.481 e. The van der Waals surface area contributed by atoms with E-state index < -0.39 is 17.2 Å². The van der Waals surface area contributed by atoms with E-state index >= 15 is 0 Å². The van der Waals surface area contributed by atoms with Gasteiger partial charge in [0.25, 0.3) is 11.3 Å². The van der Waals surface area contributed by atoms with Crippen LogP contribution in [0, 0.1) is 17.8 Å². The summed E-state index contributed by atoms with van der Waals surface area (Å²) in [6, 6.07) is 13.6. The standard InChI is InChI=1S/C26H29NO5S/c28-25(29)10-4-2-1-3-7-20-17-11-12-18(15-17)26(20)27-33(30)32-19-13-14-24-22(16-19)21-8-5-6-9-23(21)31-24/h1,3,5-6,8-9,13-14,16-18,20,26-27H,2,4,7,10-12,15H2,(H,28,29)/b3-1+. The highest BCUT2D eigenvalue weighted by atomic mass is 32.2. The van der Waals surface area contributed by atoms with Crippen molar-refractivity contribution in [3.63, 3.8) is 0 Å². The minimum absolute atomic E-state index is 0.173. The molecular weight excluding hydrogens is 438 g/mol. The molecule has 0 aliphatic heterocycles. The van der Waals surface area contributed by atoms with Crippen LogP contribution in [0.2, 0.25) is 0 Å². The van der Waals surface area contributed by atoms with E-state index in [-0.39, 0.29) is 12.5 Å². The van der Waals surface area contributed by atoms with Gasteiger partial charge >= 0.3 is 5.97 Å². The van der Waals surface area contributed by atoms with Gasteiger partial charge in [0.2, 0.25) is 0 Å². The smallest absolute Gasteiger partial charge is 0.303 e. The van der Waals surface area contributed by atoms with Crippen LogP contribution in [0.4, 0.5) is 0 Å². The Morgan fingerprint density at radius 2 is 1.94 bits per heavy atom. The maximum absolute atomic E-state index is 12.9. The molecule has 33 heavy (non-hydrogen) atoms. The van der Waals surface area contributed by atoms with Gasteiger partial charge in [0, 0.05) is 23.2 Å². The van der Waals surface area contributed by atoms with Crippen molar-refractivity contribution in [2.24, 2.45) is 17.8 Å². The zero-order valence-corrected chi connectivity index (χ0v) is 19.3. The molecule has 5 atom stereocenters. The van der Waals surface area contributed by atoms with Crippen molar-refractivity contribution < 1.29 is 22.7 Å². The van der Waals surface area contributed by atoms with Crippen LogP contribution in [0.5, 0.6) is 5.75 Å². The number of carboxylic acid groups (broad SMARTS) is 1. The molecule has 2 saturated carbocycles. The molecule has 2 N–H and O–H groups in total. The number of allylic oxidation sites excluding steroid dienone is 2. The zero-order chi connectivity index (χ0) is 22.8. The molecule has 1 aromatic heterocycles. The summed E-state index contributed by atoms with van der Waals surface area (Å²) in [6.07, 6.45) is 10.4. The van der Waals surface area contributed by atoms with Crippen molar-refractivity contribution >= 4 is 39.2 Å². The maximum Gasteiger partial charge on any atom is 0.303 e. The molecule has 0 amide bonds. The van der Waals surface area contributed by atoms with Gasteiger partial charge in [0.05, 0.1) is 0 Å². The fourth-order valence-corrected chi connectivity index (χ4v) is 6.57. The first-order valence-electron chi connectivity index (χ1n) is 11.7. The molecule has 5 unspecified atom stereocenters. The Kier molecular flexibility index (Phi) is 6.51. The van der Waals surface area contributed by atoms with Gasteiger partial charge in [0.15, 0.2) is 0 Å². The Morgan fingerprint density at radius 1 is 1.12 bits per heavy atom. The van der Waals surface area contributed by atoms with Crippen molar-refractivity contribution in [1.29, 1.82) is 0 Å². The number of para-hydroxylation sites is 1. The minimum atomic E-state index is -1.63. The van der Waals surface area contributed by atoms with Gasteiger partial charge in [-0.3, -0.25) is 4.79 Å². The highest BCUT2D eigenvalue weighted by Crippen LogP contribution is 2.50. The van der Waals surface area contributed by atoms with Gasteiger partial charge in [-0.1, -0.05) is 30.4 Å². The molecule has 2 aliphatic carbocycles. The Hall–Kier alpha value is -2.64. The lowest BCUT2D eigenvalue weighted by molar-refractivity contribution is -0.137. The molecule has 2 bridgehead atoms. The van der Waals surface area contributed by atoms with Crippen LogP contribution in [-0.2, 0) is 16.1 Å². The molecule has 2 aliphatic rings. The van der Waals surface area contributed by atoms with Crippen LogP contribution in [0.25, 0.3) is 21.9 Å². The molecule has 1 heterocycles. The second-order valence-corrected chi connectivity index (χ2v) is 10.1. The molecular formula is C26H29NO5S. The number of fused-ring (bicyclic) bond motifs is 5. The number of unbranched alkanes of at least 4 members (excludes halogenated alkanes) is 1.